The number of methoxy groups -OCH3 is 1. The first-order valence-corrected chi connectivity index (χ1v) is 22.8. The fourth-order valence-electron chi connectivity index (χ4n) is 8.87. The smallest absolute Gasteiger partial charge is 0.240 e. The number of sulfonamides is 1. The standard InChI is InChI=1S/C48H56N4O8S/c1-6-34-28-48(34,46(56)50-61(57,58)31-32-16-10-7-11-17-32)29-42(53)41-25-36(30-52(41)45(55)38(47(2,3)4)26-44(54)51-22-14-9-15-23-51)60-43-27-39(33-18-12-8-13-19-33)49-40-24-35(59-5)20-21-37(40)43/h6-8,10-13,16-21,24,27,34,36,38,41H,1,9,14-15,22-23,25-26,28-31H2,2-5H3,(H,50,56)/t34-,36-,38-,41+,48-/m1/s1. The van der Waals surface area contributed by atoms with E-state index in [2.05, 4.69) is 11.3 Å². The van der Waals surface area contributed by atoms with Gasteiger partial charge >= 0.3 is 0 Å². The molecule has 1 aliphatic carbocycles. The van der Waals surface area contributed by atoms with Crippen LogP contribution in [0.3, 0.4) is 0 Å². The molecule has 12 nitrogen and oxygen atoms in total. The Morgan fingerprint density at radius 1 is 0.967 bits per heavy atom. The predicted molar refractivity (Wildman–Crippen MR) is 234 cm³/mol. The number of amides is 3. The topological polar surface area (TPSA) is 152 Å². The van der Waals surface area contributed by atoms with E-state index in [4.69, 9.17) is 14.5 Å². The van der Waals surface area contributed by atoms with Gasteiger partial charge in [-0.2, -0.15) is 0 Å². The fourth-order valence-corrected chi connectivity index (χ4v) is 10.1. The Morgan fingerprint density at radius 2 is 1.66 bits per heavy atom. The van der Waals surface area contributed by atoms with Crippen LogP contribution < -0.4 is 14.2 Å². The molecule has 7 rings (SSSR count). The van der Waals surface area contributed by atoms with E-state index in [0.29, 0.717) is 46.7 Å². The summed E-state index contributed by atoms with van der Waals surface area (Å²) in [5, 5.41) is 0.715. The second-order valence-corrected chi connectivity index (χ2v) is 19.5. The quantitative estimate of drug-likeness (QED) is 0.123. The van der Waals surface area contributed by atoms with Gasteiger partial charge in [0.05, 0.1) is 48.0 Å². The van der Waals surface area contributed by atoms with Gasteiger partial charge in [0, 0.05) is 55.4 Å². The molecular formula is C48H56N4O8S. The van der Waals surface area contributed by atoms with E-state index in [1.54, 1.807) is 48.4 Å². The third-order valence-corrected chi connectivity index (χ3v) is 13.7. The number of carbonyl (C=O) groups excluding carboxylic acids is 4. The van der Waals surface area contributed by atoms with E-state index in [1.807, 2.05) is 80.3 Å². The molecule has 0 radical (unpaired) electrons. The van der Waals surface area contributed by atoms with E-state index >= 15 is 0 Å². The number of fused-ring (bicyclic) bond motifs is 1. The minimum Gasteiger partial charge on any atom is -0.497 e. The summed E-state index contributed by atoms with van der Waals surface area (Å²) >= 11 is 0. The summed E-state index contributed by atoms with van der Waals surface area (Å²) in [7, 11) is -2.52. The summed E-state index contributed by atoms with van der Waals surface area (Å²) in [4.78, 5) is 65.7. The predicted octanol–water partition coefficient (Wildman–Crippen LogP) is 7.12. The van der Waals surface area contributed by atoms with Gasteiger partial charge in [-0.25, -0.2) is 13.4 Å². The number of Topliss-reactive ketones (excluding diaryl/α,β-unsaturated/α-hetero) is 1. The number of hydrogen-bond acceptors (Lipinski definition) is 9. The van der Waals surface area contributed by atoms with Crippen LogP contribution in [0.15, 0.2) is 97.6 Å². The van der Waals surface area contributed by atoms with Gasteiger partial charge in [0.15, 0.2) is 5.78 Å². The molecule has 1 saturated carbocycles. The Labute approximate surface area is 358 Å². The Balaban J connectivity index is 1.20. The number of allylic oxidation sites excluding steroid dienone is 1. The third kappa shape index (κ3) is 9.82. The average Bonchev–Trinajstić information content (AvgIpc) is 3.81. The van der Waals surface area contributed by atoms with Gasteiger partial charge in [-0.05, 0) is 54.7 Å². The highest BCUT2D eigenvalue weighted by molar-refractivity contribution is 7.89. The molecule has 1 N–H and O–H groups in total. The van der Waals surface area contributed by atoms with E-state index in [0.717, 1.165) is 24.8 Å². The largest absolute Gasteiger partial charge is 0.497 e. The number of piperidine rings is 1. The lowest BCUT2D eigenvalue weighted by Gasteiger charge is -2.36. The molecule has 3 aliphatic rings. The summed E-state index contributed by atoms with van der Waals surface area (Å²) in [5.41, 5.74) is 0.693. The number of hydrogen-bond donors (Lipinski definition) is 1. The van der Waals surface area contributed by atoms with Crippen molar-refractivity contribution in [3.05, 3.63) is 103 Å². The number of carbonyl (C=O) groups is 4. The van der Waals surface area contributed by atoms with Crippen molar-refractivity contribution in [1.29, 1.82) is 0 Å². The van der Waals surface area contributed by atoms with Gasteiger partial charge in [-0.3, -0.25) is 23.9 Å². The van der Waals surface area contributed by atoms with Gasteiger partial charge in [0.2, 0.25) is 27.7 Å². The SMILES string of the molecule is C=C[C@@H]1C[C@]1(CC(=O)[C@@H]1C[C@@H](Oc2cc(-c3ccccc3)nc3cc(OC)ccc23)CN1C(=O)[C@@H](CC(=O)N1CCCCC1)C(C)(C)C)C(=O)NS(=O)(=O)Cc1ccccc1. The van der Waals surface area contributed by atoms with Gasteiger partial charge in [-0.1, -0.05) is 87.5 Å². The van der Waals surface area contributed by atoms with Crippen molar-refractivity contribution in [2.45, 2.75) is 83.6 Å². The van der Waals surface area contributed by atoms with Crippen LogP contribution in [0.2, 0.25) is 0 Å². The minimum absolute atomic E-state index is 0.00726. The molecule has 2 aliphatic heterocycles. The maximum Gasteiger partial charge on any atom is 0.240 e. The van der Waals surface area contributed by atoms with Crippen molar-refractivity contribution in [1.82, 2.24) is 19.5 Å². The number of nitrogens with zero attached hydrogens (tertiary/aromatic N) is 3. The van der Waals surface area contributed by atoms with E-state index < -0.39 is 56.5 Å². The monoisotopic (exact) mass is 848 g/mol. The van der Waals surface area contributed by atoms with Crippen LogP contribution in [-0.4, -0.2) is 85.6 Å². The Kier molecular flexibility index (Phi) is 12.7. The molecule has 3 amide bonds. The zero-order chi connectivity index (χ0) is 43.5. The molecule has 1 aromatic heterocycles. The van der Waals surface area contributed by atoms with Crippen molar-refractivity contribution >= 4 is 44.4 Å². The number of nitrogens with one attached hydrogen (secondary N) is 1. The number of benzene rings is 3. The van der Waals surface area contributed by atoms with Crippen LogP contribution in [-0.2, 0) is 35.0 Å². The molecule has 4 aromatic rings. The Morgan fingerprint density at radius 3 is 2.30 bits per heavy atom. The molecule has 5 atom stereocenters. The fraction of sp³-hybridized carbons (Fsp3) is 0.438. The molecule has 13 heteroatoms. The first kappa shape index (κ1) is 43.5. The maximum atomic E-state index is 15.0. The lowest BCUT2D eigenvalue weighted by atomic mass is 9.77. The highest BCUT2D eigenvalue weighted by atomic mass is 32.2. The van der Waals surface area contributed by atoms with E-state index in [-0.39, 0.29) is 49.8 Å². The second-order valence-electron chi connectivity index (χ2n) is 17.8. The Bertz CT molecular complexity index is 2390. The highest BCUT2D eigenvalue weighted by Gasteiger charge is 2.61. The number of rotatable bonds is 15. The van der Waals surface area contributed by atoms with Crippen LogP contribution in [0, 0.1) is 22.7 Å². The summed E-state index contributed by atoms with van der Waals surface area (Å²) in [6, 6.07) is 24.6. The van der Waals surface area contributed by atoms with Gasteiger partial charge < -0.3 is 19.3 Å². The van der Waals surface area contributed by atoms with Crippen molar-refractivity contribution in [2.75, 3.05) is 26.7 Å². The minimum atomic E-state index is -4.10. The van der Waals surface area contributed by atoms with Crippen LogP contribution >= 0.6 is 0 Å². The number of aromatic nitrogens is 1. The normalized spacial score (nSPS) is 22.0. The van der Waals surface area contributed by atoms with Gasteiger partial charge in [0.1, 0.15) is 17.6 Å². The summed E-state index contributed by atoms with van der Waals surface area (Å²) < 4.78 is 41.0. The molecule has 3 fully saturated rings. The molecule has 0 spiro atoms. The summed E-state index contributed by atoms with van der Waals surface area (Å²) in [5.74, 6) is -2.04. The van der Waals surface area contributed by atoms with Crippen LogP contribution in [0.5, 0.6) is 11.5 Å². The lowest BCUT2D eigenvalue weighted by Crippen LogP contribution is -2.49. The maximum absolute atomic E-state index is 15.0. The molecular weight excluding hydrogens is 793 g/mol. The third-order valence-electron chi connectivity index (χ3n) is 12.5. The summed E-state index contributed by atoms with van der Waals surface area (Å²) in [6.07, 6.45) is 3.85. The molecule has 2 saturated heterocycles. The zero-order valence-electron chi connectivity index (χ0n) is 35.5. The van der Waals surface area contributed by atoms with Crippen molar-refractivity contribution in [2.24, 2.45) is 22.7 Å². The number of ketones is 1. The average molecular weight is 849 g/mol. The molecule has 61 heavy (non-hydrogen) atoms. The number of ether oxygens (including phenoxy) is 2. The molecule has 0 unspecified atom stereocenters. The van der Waals surface area contributed by atoms with Crippen LogP contribution in [0.1, 0.15) is 71.3 Å². The Hall–Kier alpha value is -5.56. The molecule has 3 aromatic carbocycles. The highest BCUT2D eigenvalue weighted by Crippen LogP contribution is 2.57. The van der Waals surface area contributed by atoms with Crippen molar-refractivity contribution in [3.63, 3.8) is 0 Å². The first-order valence-electron chi connectivity index (χ1n) is 21.1. The van der Waals surface area contributed by atoms with E-state index in [9.17, 15) is 27.6 Å². The molecule has 0 bridgehead atoms. The van der Waals surface area contributed by atoms with Gasteiger partial charge in [-0.15, -0.1) is 6.58 Å². The molecule has 322 valence electrons. The van der Waals surface area contributed by atoms with Gasteiger partial charge in [0.25, 0.3) is 0 Å². The number of likely N-dealkylation sites (tertiary alicyclic amines) is 2. The zero-order valence-corrected chi connectivity index (χ0v) is 36.3. The molecule has 3 heterocycles. The van der Waals surface area contributed by atoms with Crippen molar-refractivity contribution < 1.29 is 37.1 Å². The number of pyridine rings is 1. The summed E-state index contributed by atoms with van der Waals surface area (Å²) in [6.45, 7) is 11.0. The van der Waals surface area contributed by atoms with E-state index in [1.165, 1.54) is 0 Å². The van der Waals surface area contributed by atoms with Crippen LogP contribution in [0.25, 0.3) is 22.2 Å². The lowest BCUT2D eigenvalue weighted by molar-refractivity contribution is -0.148. The van der Waals surface area contributed by atoms with Crippen LogP contribution in [0.4, 0.5) is 0 Å². The first-order chi connectivity index (χ1) is 29.1. The second kappa shape index (κ2) is 17.8. The van der Waals surface area contributed by atoms with Crippen molar-refractivity contribution in [3.8, 4) is 22.8 Å².